The quantitative estimate of drug-likeness (QED) is 0.708. The van der Waals surface area contributed by atoms with Crippen LogP contribution in [-0.2, 0) is 9.53 Å². The Kier molecular flexibility index (Phi) is 5.90. The number of fused-ring (bicyclic) bond motifs is 1. The van der Waals surface area contributed by atoms with Crippen LogP contribution in [-0.4, -0.2) is 55.0 Å². The number of benzene rings is 1. The number of allylic oxidation sites excluding steroid dienone is 2. The van der Waals surface area contributed by atoms with Gasteiger partial charge in [-0.1, -0.05) is 24.3 Å². The molecular weight excluding hydrogens is 380 g/mol. The third-order valence-electron chi connectivity index (χ3n) is 5.58. The molecule has 0 saturated carbocycles. The number of rotatable bonds is 6. The number of hydrogen-bond acceptors (Lipinski definition) is 6. The Morgan fingerprint density at radius 2 is 2.07 bits per heavy atom. The van der Waals surface area contributed by atoms with Crippen molar-refractivity contribution in [2.45, 2.75) is 38.8 Å². The molecule has 0 aromatic heterocycles. The number of aryl methyl sites for hydroxylation is 1. The van der Waals surface area contributed by atoms with Gasteiger partial charge in [-0.2, -0.15) is 0 Å². The van der Waals surface area contributed by atoms with Crippen molar-refractivity contribution in [2.75, 3.05) is 19.7 Å². The van der Waals surface area contributed by atoms with E-state index in [0.717, 1.165) is 35.4 Å². The molecule has 3 aliphatic rings. The van der Waals surface area contributed by atoms with Gasteiger partial charge in [0.1, 0.15) is 5.71 Å². The maximum atomic E-state index is 13.3. The zero-order valence-electron chi connectivity index (χ0n) is 17.3. The first kappa shape index (κ1) is 20.2. The number of amides is 1. The van der Waals surface area contributed by atoms with Gasteiger partial charge < -0.3 is 15.4 Å². The molecule has 2 N–H and O–H groups in total. The SMILES string of the molecule is CC(=O)NC[C@@H]1CC[C@@H](NC2=C3C=CN=C3CN=C2C(=O)c2ccccc2C)CO1. The molecule has 3 heterocycles. The fourth-order valence-corrected chi connectivity index (χ4v) is 3.91. The van der Waals surface area contributed by atoms with Crippen LogP contribution in [0.15, 0.2) is 57.8 Å². The molecule has 0 unspecified atom stereocenters. The van der Waals surface area contributed by atoms with Gasteiger partial charge in [0.05, 0.1) is 30.7 Å². The van der Waals surface area contributed by atoms with Gasteiger partial charge in [0.25, 0.3) is 0 Å². The molecule has 4 rings (SSSR count). The van der Waals surface area contributed by atoms with Crippen molar-refractivity contribution in [2.24, 2.45) is 9.98 Å². The van der Waals surface area contributed by atoms with Crippen LogP contribution in [0.4, 0.5) is 0 Å². The highest BCUT2D eigenvalue weighted by molar-refractivity contribution is 6.53. The molecule has 30 heavy (non-hydrogen) atoms. The number of dihydropyridines is 1. The molecule has 0 bridgehead atoms. The number of carbonyl (C=O) groups is 2. The van der Waals surface area contributed by atoms with Crippen LogP contribution in [0.25, 0.3) is 0 Å². The molecule has 3 aliphatic heterocycles. The average molecular weight is 406 g/mol. The molecule has 1 aromatic rings. The standard InChI is InChI=1S/C23H26N4O3/c1-14-5-3-4-6-18(14)23(29)22-21(19-9-10-24-20(19)12-26-22)27-16-7-8-17(30-13-16)11-25-15(2)28/h3-6,9-10,16-17,27H,7-8,11-13H2,1-2H3,(H,25,28)/t16-,17+/m1/s1. The first-order valence-corrected chi connectivity index (χ1v) is 10.3. The second kappa shape index (κ2) is 8.75. The van der Waals surface area contributed by atoms with Gasteiger partial charge >= 0.3 is 0 Å². The third-order valence-corrected chi connectivity index (χ3v) is 5.58. The minimum atomic E-state index is -0.0808. The summed E-state index contributed by atoms with van der Waals surface area (Å²) in [5.74, 6) is -0.133. The Labute approximate surface area is 176 Å². The Balaban J connectivity index is 1.51. The molecule has 0 radical (unpaired) electrons. The Hall–Kier alpha value is -3.06. The van der Waals surface area contributed by atoms with E-state index in [4.69, 9.17) is 4.74 Å². The lowest BCUT2D eigenvalue weighted by molar-refractivity contribution is -0.119. The summed E-state index contributed by atoms with van der Waals surface area (Å²) in [7, 11) is 0. The molecule has 0 spiro atoms. The number of Topliss-reactive ketones (excluding diaryl/α,β-unsaturated/α-hetero) is 1. The van der Waals surface area contributed by atoms with E-state index in [2.05, 4.69) is 20.6 Å². The smallest absolute Gasteiger partial charge is 0.216 e. The van der Waals surface area contributed by atoms with Gasteiger partial charge in [0, 0.05) is 36.8 Å². The van der Waals surface area contributed by atoms with Crippen LogP contribution in [0.2, 0.25) is 0 Å². The molecule has 156 valence electrons. The summed E-state index contributed by atoms with van der Waals surface area (Å²) in [4.78, 5) is 33.4. The number of carbonyl (C=O) groups excluding carboxylic acids is 2. The van der Waals surface area contributed by atoms with Crippen LogP contribution in [0, 0.1) is 6.92 Å². The Morgan fingerprint density at radius 1 is 1.23 bits per heavy atom. The molecule has 7 nitrogen and oxygen atoms in total. The maximum Gasteiger partial charge on any atom is 0.216 e. The van der Waals surface area contributed by atoms with Gasteiger partial charge in [-0.3, -0.25) is 19.6 Å². The fourth-order valence-electron chi connectivity index (χ4n) is 3.91. The summed E-state index contributed by atoms with van der Waals surface area (Å²) in [6.07, 6.45) is 5.41. The summed E-state index contributed by atoms with van der Waals surface area (Å²) in [6, 6.07) is 7.63. The molecule has 2 atom stereocenters. The minimum absolute atomic E-state index is 0.0150. The first-order valence-electron chi connectivity index (χ1n) is 10.3. The van der Waals surface area contributed by atoms with Crippen LogP contribution >= 0.6 is 0 Å². The number of hydrogen-bond donors (Lipinski definition) is 2. The van der Waals surface area contributed by atoms with Crippen molar-refractivity contribution in [1.29, 1.82) is 0 Å². The second-order valence-corrected chi connectivity index (χ2v) is 7.80. The van der Waals surface area contributed by atoms with Gasteiger partial charge in [-0.05, 0) is 31.4 Å². The monoisotopic (exact) mass is 406 g/mol. The summed E-state index contributed by atoms with van der Waals surface area (Å²) in [5, 5.41) is 6.32. The number of aliphatic imine (C=N–C) groups is 2. The van der Waals surface area contributed by atoms with Gasteiger partial charge in [0.2, 0.25) is 11.7 Å². The van der Waals surface area contributed by atoms with Crippen LogP contribution in [0.3, 0.4) is 0 Å². The molecule has 1 saturated heterocycles. The predicted octanol–water partition coefficient (Wildman–Crippen LogP) is 2.13. The number of nitrogens with zero attached hydrogens (tertiary/aromatic N) is 2. The van der Waals surface area contributed by atoms with Crippen LogP contribution < -0.4 is 10.6 Å². The van der Waals surface area contributed by atoms with E-state index in [-0.39, 0.29) is 23.8 Å². The van der Waals surface area contributed by atoms with E-state index >= 15 is 0 Å². The summed E-state index contributed by atoms with van der Waals surface area (Å²) in [6.45, 7) is 4.87. The molecular formula is C23H26N4O3. The summed E-state index contributed by atoms with van der Waals surface area (Å²) < 4.78 is 5.92. The highest BCUT2D eigenvalue weighted by Gasteiger charge is 2.31. The highest BCUT2D eigenvalue weighted by Crippen LogP contribution is 2.24. The maximum absolute atomic E-state index is 13.3. The minimum Gasteiger partial charge on any atom is -0.378 e. The van der Waals surface area contributed by atoms with Gasteiger partial charge in [-0.25, -0.2) is 0 Å². The highest BCUT2D eigenvalue weighted by atomic mass is 16.5. The van der Waals surface area contributed by atoms with Crippen molar-refractivity contribution >= 4 is 23.1 Å². The Bertz CT molecular complexity index is 982. The summed E-state index contributed by atoms with van der Waals surface area (Å²) in [5.41, 5.74) is 4.58. The summed E-state index contributed by atoms with van der Waals surface area (Å²) >= 11 is 0. The lowest BCUT2D eigenvalue weighted by Gasteiger charge is -2.32. The van der Waals surface area contributed by atoms with E-state index in [0.29, 0.717) is 31.0 Å². The molecule has 0 aliphatic carbocycles. The topological polar surface area (TPSA) is 92.1 Å². The average Bonchev–Trinajstić information content (AvgIpc) is 3.23. The van der Waals surface area contributed by atoms with E-state index in [1.807, 2.05) is 37.3 Å². The largest absolute Gasteiger partial charge is 0.378 e. The molecule has 1 aromatic carbocycles. The van der Waals surface area contributed by atoms with Gasteiger partial charge in [0.15, 0.2) is 0 Å². The number of nitrogens with one attached hydrogen (secondary N) is 2. The van der Waals surface area contributed by atoms with Crippen LogP contribution in [0.1, 0.15) is 35.7 Å². The molecule has 1 fully saturated rings. The van der Waals surface area contributed by atoms with E-state index in [1.165, 1.54) is 6.92 Å². The van der Waals surface area contributed by atoms with E-state index in [9.17, 15) is 9.59 Å². The van der Waals surface area contributed by atoms with Crippen molar-refractivity contribution < 1.29 is 14.3 Å². The lowest BCUT2D eigenvalue weighted by Crippen LogP contribution is -2.46. The number of ketones is 1. The fraction of sp³-hybridized carbons (Fsp3) is 0.391. The zero-order valence-corrected chi connectivity index (χ0v) is 17.3. The lowest BCUT2D eigenvalue weighted by atomic mass is 9.93. The third kappa shape index (κ3) is 4.26. The number of ether oxygens (including phenoxy) is 1. The van der Waals surface area contributed by atoms with Crippen molar-refractivity contribution in [3.63, 3.8) is 0 Å². The second-order valence-electron chi connectivity index (χ2n) is 7.80. The molecule has 7 heteroatoms. The van der Waals surface area contributed by atoms with Crippen molar-refractivity contribution in [3.05, 3.63) is 58.9 Å². The normalized spacial score (nSPS) is 22.9. The molecule has 1 amide bonds. The first-order chi connectivity index (χ1) is 14.5. The van der Waals surface area contributed by atoms with Gasteiger partial charge in [-0.15, -0.1) is 0 Å². The Morgan fingerprint density at radius 3 is 2.80 bits per heavy atom. The zero-order chi connectivity index (χ0) is 21.1. The predicted molar refractivity (Wildman–Crippen MR) is 116 cm³/mol. The van der Waals surface area contributed by atoms with E-state index < -0.39 is 0 Å². The van der Waals surface area contributed by atoms with Crippen molar-refractivity contribution in [3.8, 4) is 0 Å². The van der Waals surface area contributed by atoms with Crippen LogP contribution in [0.5, 0.6) is 0 Å². The van der Waals surface area contributed by atoms with Crippen molar-refractivity contribution in [1.82, 2.24) is 10.6 Å². The van der Waals surface area contributed by atoms with E-state index in [1.54, 1.807) is 6.20 Å².